The van der Waals surface area contributed by atoms with E-state index in [1.165, 1.54) is 0 Å². The van der Waals surface area contributed by atoms with Crippen molar-refractivity contribution in [2.24, 2.45) is 0 Å². The molecule has 0 radical (unpaired) electrons. The maximum atomic E-state index is 6.69. The zero-order chi connectivity index (χ0) is 22.4. The van der Waals surface area contributed by atoms with Gasteiger partial charge in [0.2, 0.25) is 0 Å². The van der Waals surface area contributed by atoms with Crippen LogP contribution >= 0.6 is 11.3 Å². The second-order valence-electron chi connectivity index (χ2n) is 8.17. The Hall–Kier alpha value is -3.91. The number of aryl methyl sites for hydroxylation is 1. The van der Waals surface area contributed by atoms with Gasteiger partial charge in [-0.25, -0.2) is 15.0 Å². The molecule has 1 fully saturated rings. The van der Waals surface area contributed by atoms with Crippen LogP contribution in [0.3, 0.4) is 0 Å². The van der Waals surface area contributed by atoms with Gasteiger partial charge in [-0.05, 0) is 50.1 Å². The monoisotopic (exact) mass is 454 g/mol. The van der Waals surface area contributed by atoms with Gasteiger partial charge in [0.05, 0.1) is 22.6 Å². The van der Waals surface area contributed by atoms with Crippen LogP contribution in [0.2, 0.25) is 0 Å². The summed E-state index contributed by atoms with van der Waals surface area (Å²) in [6.07, 6.45) is 5.62. The summed E-state index contributed by atoms with van der Waals surface area (Å²) in [5.41, 5.74) is 12.7. The average Bonchev–Trinajstić information content (AvgIpc) is 3.52. The first-order chi connectivity index (χ1) is 16.2. The van der Waals surface area contributed by atoms with Crippen molar-refractivity contribution in [1.82, 2.24) is 19.5 Å². The normalized spacial score (nSPS) is 13.4. The number of anilines is 3. The SMILES string of the molecule is Cc1csc(Nc2ccc(-c3c(N)c4ccc(Oc5ncccn5)cc4n3C3CC3)cc2)n1. The van der Waals surface area contributed by atoms with Gasteiger partial charge >= 0.3 is 6.01 Å². The van der Waals surface area contributed by atoms with E-state index in [2.05, 4.69) is 49.1 Å². The van der Waals surface area contributed by atoms with Crippen molar-refractivity contribution in [3.8, 4) is 23.0 Å². The fourth-order valence-corrected chi connectivity index (χ4v) is 4.78. The Labute approximate surface area is 194 Å². The van der Waals surface area contributed by atoms with E-state index in [-0.39, 0.29) is 0 Å². The molecule has 2 aromatic carbocycles. The van der Waals surface area contributed by atoms with Gasteiger partial charge < -0.3 is 20.4 Å². The zero-order valence-electron chi connectivity index (χ0n) is 18.0. The molecule has 0 unspecified atom stereocenters. The summed E-state index contributed by atoms with van der Waals surface area (Å²) in [6.45, 7) is 1.99. The van der Waals surface area contributed by atoms with Crippen LogP contribution in [-0.4, -0.2) is 19.5 Å². The summed E-state index contributed by atoms with van der Waals surface area (Å²) >= 11 is 1.60. The van der Waals surface area contributed by atoms with Gasteiger partial charge in [0.1, 0.15) is 5.75 Å². The number of nitrogen functional groups attached to an aromatic ring is 1. The highest BCUT2D eigenvalue weighted by atomic mass is 32.1. The second kappa shape index (κ2) is 7.90. The van der Waals surface area contributed by atoms with Crippen molar-refractivity contribution in [3.05, 3.63) is 72.0 Å². The van der Waals surface area contributed by atoms with Gasteiger partial charge in [-0.15, -0.1) is 11.3 Å². The molecule has 7 nitrogen and oxygen atoms in total. The van der Waals surface area contributed by atoms with E-state index in [4.69, 9.17) is 10.5 Å². The highest BCUT2D eigenvalue weighted by molar-refractivity contribution is 7.13. The molecule has 0 spiro atoms. The number of benzene rings is 2. The average molecular weight is 455 g/mol. The summed E-state index contributed by atoms with van der Waals surface area (Å²) in [7, 11) is 0. The molecule has 5 aromatic rings. The number of hydrogen-bond donors (Lipinski definition) is 2. The minimum Gasteiger partial charge on any atom is -0.424 e. The van der Waals surface area contributed by atoms with E-state index in [9.17, 15) is 0 Å². The molecule has 0 atom stereocenters. The molecule has 3 heterocycles. The molecule has 33 heavy (non-hydrogen) atoms. The third kappa shape index (κ3) is 3.78. The maximum absolute atomic E-state index is 6.69. The van der Waals surface area contributed by atoms with Crippen LogP contribution in [0.25, 0.3) is 22.2 Å². The number of nitrogens with one attached hydrogen (secondary N) is 1. The van der Waals surface area contributed by atoms with Crippen LogP contribution in [0.4, 0.5) is 16.5 Å². The molecule has 0 amide bonds. The predicted molar refractivity (Wildman–Crippen MR) is 132 cm³/mol. The van der Waals surface area contributed by atoms with E-state index < -0.39 is 0 Å². The van der Waals surface area contributed by atoms with Crippen LogP contribution in [0.5, 0.6) is 11.8 Å². The fraction of sp³-hybridized carbons (Fsp3) is 0.160. The summed E-state index contributed by atoms with van der Waals surface area (Å²) in [5, 5.41) is 7.32. The Morgan fingerprint density at radius 3 is 2.58 bits per heavy atom. The lowest BCUT2D eigenvalue weighted by Crippen LogP contribution is -1.99. The molecular weight excluding hydrogens is 432 g/mol. The van der Waals surface area contributed by atoms with Crippen LogP contribution < -0.4 is 15.8 Å². The van der Waals surface area contributed by atoms with E-state index in [0.29, 0.717) is 17.8 Å². The lowest BCUT2D eigenvalue weighted by Gasteiger charge is -2.12. The first kappa shape index (κ1) is 19.8. The number of thiazole rings is 1. The summed E-state index contributed by atoms with van der Waals surface area (Å²) in [5.74, 6) is 0.693. The lowest BCUT2D eigenvalue weighted by molar-refractivity contribution is 0.442. The Morgan fingerprint density at radius 2 is 1.88 bits per heavy atom. The van der Waals surface area contributed by atoms with E-state index in [0.717, 1.165) is 57.2 Å². The minimum atomic E-state index is 0.327. The lowest BCUT2D eigenvalue weighted by atomic mass is 10.1. The van der Waals surface area contributed by atoms with E-state index in [1.807, 2.05) is 30.5 Å². The number of rotatable bonds is 6. The number of hydrogen-bond acceptors (Lipinski definition) is 7. The van der Waals surface area contributed by atoms with Gasteiger partial charge in [0.25, 0.3) is 0 Å². The van der Waals surface area contributed by atoms with Gasteiger partial charge in [-0.3, -0.25) is 0 Å². The molecule has 3 N–H and O–H groups in total. The number of nitrogens with zero attached hydrogens (tertiary/aromatic N) is 4. The van der Waals surface area contributed by atoms with Crippen molar-refractivity contribution in [2.75, 3.05) is 11.1 Å². The summed E-state index contributed by atoms with van der Waals surface area (Å²) in [6, 6.07) is 16.9. The van der Waals surface area contributed by atoms with Gasteiger partial charge in [-0.2, -0.15) is 0 Å². The molecule has 1 aliphatic carbocycles. The Morgan fingerprint density at radius 1 is 1.09 bits per heavy atom. The molecule has 8 heteroatoms. The molecule has 1 saturated carbocycles. The smallest absolute Gasteiger partial charge is 0.321 e. The zero-order valence-corrected chi connectivity index (χ0v) is 18.8. The fourth-order valence-electron chi connectivity index (χ4n) is 4.08. The molecule has 0 bridgehead atoms. The van der Waals surface area contributed by atoms with Crippen LogP contribution in [0.1, 0.15) is 24.6 Å². The van der Waals surface area contributed by atoms with Crippen molar-refractivity contribution >= 4 is 38.7 Å². The molecule has 3 aromatic heterocycles. The third-order valence-electron chi connectivity index (χ3n) is 5.71. The molecule has 0 aliphatic heterocycles. The molecule has 164 valence electrons. The number of fused-ring (bicyclic) bond motifs is 1. The van der Waals surface area contributed by atoms with E-state index in [1.54, 1.807) is 29.8 Å². The number of aromatic nitrogens is 4. The number of ether oxygens (including phenoxy) is 1. The summed E-state index contributed by atoms with van der Waals surface area (Å²) < 4.78 is 8.24. The van der Waals surface area contributed by atoms with Crippen LogP contribution in [0, 0.1) is 6.92 Å². The maximum Gasteiger partial charge on any atom is 0.321 e. The molecular formula is C25H22N6OS. The third-order valence-corrected chi connectivity index (χ3v) is 6.58. The van der Waals surface area contributed by atoms with Crippen LogP contribution in [-0.2, 0) is 0 Å². The van der Waals surface area contributed by atoms with Gasteiger partial charge in [0, 0.05) is 46.5 Å². The Bertz CT molecular complexity index is 1440. The highest BCUT2D eigenvalue weighted by Gasteiger charge is 2.30. The van der Waals surface area contributed by atoms with Crippen molar-refractivity contribution in [3.63, 3.8) is 0 Å². The first-order valence-electron chi connectivity index (χ1n) is 10.8. The topological polar surface area (TPSA) is 90.9 Å². The highest BCUT2D eigenvalue weighted by Crippen LogP contribution is 2.47. The van der Waals surface area contributed by atoms with E-state index >= 15 is 0 Å². The molecule has 0 saturated heterocycles. The quantitative estimate of drug-likeness (QED) is 0.312. The van der Waals surface area contributed by atoms with Gasteiger partial charge in [0.15, 0.2) is 5.13 Å². The minimum absolute atomic E-state index is 0.327. The number of nitrogens with two attached hydrogens (primary N) is 1. The van der Waals surface area contributed by atoms with Crippen LogP contribution in [0.15, 0.2) is 66.3 Å². The van der Waals surface area contributed by atoms with Crippen molar-refractivity contribution < 1.29 is 4.74 Å². The Kier molecular flexibility index (Phi) is 4.73. The molecule has 6 rings (SSSR count). The summed E-state index contributed by atoms with van der Waals surface area (Å²) in [4.78, 5) is 12.8. The molecule has 1 aliphatic rings. The predicted octanol–water partition coefficient (Wildman–Crippen LogP) is 6.32. The first-order valence-corrected chi connectivity index (χ1v) is 11.7. The van der Waals surface area contributed by atoms with Crippen molar-refractivity contribution in [2.45, 2.75) is 25.8 Å². The standard InChI is InChI=1S/C25H22N6OS/c1-15-14-33-25(29-15)30-17-5-3-16(4-6-17)23-22(26)20-10-9-19(32-24-27-11-2-12-28-24)13-21(20)31(23)18-7-8-18/h2-6,9-14,18H,7-8,26H2,1H3,(H,29,30). The van der Waals surface area contributed by atoms with Crippen molar-refractivity contribution in [1.29, 1.82) is 0 Å². The second-order valence-corrected chi connectivity index (χ2v) is 9.03. The van der Waals surface area contributed by atoms with Gasteiger partial charge in [-0.1, -0.05) is 12.1 Å². The largest absolute Gasteiger partial charge is 0.424 e. The Balaban J connectivity index is 1.38.